The standard InChI is InChI=1S/C13H12ClF3N2O2/c1-7-10(3-2-8(4-18)11(7)14)19-5-9(6-20)21-12(19)13(15,16)17/h2-3,9,12,20H,5-6H2,1H3/t9-,12-/m0/s1. The predicted octanol–water partition coefficient (Wildman–Crippen LogP) is 2.61. The number of nitriles is 1. The fraction of sp³-hybridized carbons (Fsp3) is 0.462. The maximum atomic E-state index is 13.1. The predicted molar refractivity (Wildman–Crippen MR) is 70.1 cm³/mol. The van der Waals surface area contributed by atoms with Gasteiger partial charge < -0.3 is 14.7 Å². The van der Waals surface area contributed by atoms with Gasteiger partial charge in [0.2, 0.25) is 6.23 Å². The van der Waals surface area contributed by atoms with Gasteiger partial charge in [0.25, 0.3) is 0 Å². The summed E-state index contributed by atoms with van der Waals surface area (Å²) in [5.74, 6) is 0. The van der Waals surface area contributed by atoms with Gasteiger partial charge >= 0.3 is 6.18 Å². The Kier molecular flexibility index (Phi) is 4.33. The highest BCUT2D eigenvalue weighted by atomic mass is 35.5. The minimum Gasteiger partial charge on any atom is -0.394 e. The second-order valence-electron chi connectivity index (χ2n) is 4.67. The molecule has 0 saturated carbocycles. The molecule has 1 heterocycles. The van der Waals surface area contributed by atoms with Crippen LogP contribution in [0.4, 0.5) is 18.9 Å². The Bertz CT molecular complexity index is 586. The van der Waals surface area contributed by atoms with E-state index in [4.69, 9.17) is 26.7 Å². The van der Waals surface area contributed by atoms with Crippen LogP contribution in [0.25, 0.3) is 0 Å². The quantitative estimate of drug-likeness (QED) is 0.910. The SMILES string of the molecule is Cc1c(N2C[C@@H](CO)O[C@H]2C(F)(F)F)ccc(C#N)c1Cl. The average Bonchev–Trinajstić information content (AvgIpc) is 2.86. The van der Waals surface area contributed by atoms with E-state index >= 15 is 0 Å². The van der Waals surface area contributed by atoms with Crippen molar-refractivity contribution in [3.8, 4) is 6.07 Å². The van der Waals surface area contributed by atoms with E-state index in [1.807, 2.05) is 6.07 Å². The first kappa shape index (κ1) is 15.9. The molecule has 8 heteroatoms. The molecule has 1 fully saturated rings. The summed E-state index contributed by atoms with van der Waals surface area (Å²) in [6, 6.07) is 4.64. The molecule has 0 aromatic heterocycles. The number of halogens is 4. The van der Waals surface area contributed by atoms with Gasteiger partial charge in [0, 0.05) is 12.2 Å². The number of hydrogen-bond donors (Lipinski definition) is 1. The Morgan fingerprint density at radius 3 is 2.71 bits per heavy atom. The third-order valence-corrected chi connectivity index (χ3v) is 3.76. The normalized spacial score (nSPS) is 22.4. The van der Waals surface area contributed by atoms with Crippen LogP contribution in [-0.2, 0) is 4.74 Å². The number of aliphatic hydroxyl groups is 1. The molecule has 1 N–H and O–H groups in total. The zero-order chi connectivity index (χ0) is 15.8. The van der Waals surface area contributed by atoms with Crippen LogP contribution >= 0.6 is 11.6 Å². The number of benzene rings is 1. The summed E-state index contributed by atoms with van der Waals surface area (Å²) in [6.45, 7) is 0.925. The smallest absolute Gasteiger partial charge is 0.394 e. The van der Waals surface area contributed by atoms with Crippen molar-refractivity contribution in [1.82, 2.24) is 0 Å². The molecule has 0 radical (unpaired) electrons. The largest absolute Gasteiger partial charge is 0.433 e. The van der Waals surface area contributed by atoms with E-state index in [-0.39, 0.29) is 22.8 Å². The van der Waals surface area contributed by atoms with Crippen molar-refractivity contribution in [2.45, 2.75) is 25.4 Å². The van der Waals surface area contributed by atoms with E-state index in [0.717, 1.165) is 4.90 Å². The van der Waals surface area contributed by atoms with Gasteiger partial charge in [0.15, 0.2) is 0 Å². The van der Waals surface area contributed by atoms with Crippen LogP contribution in [0.2, 0.25) is 5.02 Å². The first-order valence-corrected chi connectivity index (χ1v) is 6.46. The number of nitrogens with zero attached hydrogens (tertiary/aromatic N) is 2. The highest BCUT2D eigenvalue weighted by molar-refractivity contribution is 6.32. The molecule has 114 valence electrons. The molecular formula is C13H12ClF3N2O2. The lowest BCUT2D eigenvalue weighted by Crippen LogP contribution is -2.42. The second kappa shape index (κ2) is 5.72. The van der Waals surface area contributed by atoms with E-state index in [2.05, 4.69) is 0 Å². The summed E-state index contributed by atoms with van der Waals surface area (Å²) in [7, 11) is 0. The molecule has 0 unspecified atom stereocenters. The zero-order valence-corrected chi connectivity index (χ0v) is 11.7. The van der Waals surface area contributed by atoms with Crippen LogP contribution in [0, 0.1) is 18.3 Å². The Balaban J connectivity index is 2.44. The highest BCUT2D eigenvalue weighted by Gasteiger charge is 2.51. The first-order valence-electron chi connectivity index (χ1n) is 6.08. The van der Waals surface area contributed by atoms with Gasteiger partial charge in [-0.15, -0.1) is 0 Å². The maximum Gasteiger partial charge on any atom is 0.433 e. The lowest BCUT2D eigenvalue weighted by molar-refractivity contribution is -0.215. The van der Waals surface area contributed by atoms with Crippen molar-refractivity contribution in [3.05, 3.63) is 28.3 Å². The molecule has 1 aromatic carbocycles. The van der Waals surface area contributed by atoms with Crippen LogP contribution in [0.1, 0.15) is 11.1 Å². The molecule has 2 rings (SSSR count). The van der Waals surface area contributed by atoms with Crippen LogP contribution < -0.4 is 4.90 Å². The molecule has 0 spiro atoms. The van der Waals surface area contributed by atoms with Gasteiger partial charge in [0.05, 0.1) is 17.2 Å². The maximum absolute atomic E-state index is 13.1. The number of rotatable bonds is 2. The molecule has 1 saturated heterocycles. The second-order valence-corrected chi connectivity index (χ2v) is 5.05. The molecule has 1 aliphatic rings. The summed E-state index contributed by atoms with van der Waals surface area (Å²) in [5, 5.41) is 18.0. The van der Waals surface area contributed by atoms with Crippen molar-refractivity contribution in [3.63, 3.8) is 0 Å². The molecule has 1 aliphatic heterocycles. The number of anilines is 1. The molecule has 21 heavy (non-hydrogen) atoms. The molecule has 0 bridgehead atoms. The average molecular weight is 321 g/mol. The van der Waals surface area contributed by atoms with Crippen molar-refractivity contribution in [2.75, 3.05) is 18.1 Å². The minimum absolute atomic E-state index is 0.107. The van der Waals surface area contributed by atoms with Crippen LogP contribution in [0.5, 0.6) is 0 Å². The highest BCUT2D eigenvalue weighted by Crippen LogP contribution is 2.38. The van der Waals surface area contributed by atoms with Crippen LogP contribution in [-0.4, -0.2) is 36.8 Å². The fourth-order valence-corrected chi connectivity index (χ4v) is 2.47. The summed E-state index contributed by atoms with van der Waals surface area (Å²) in [4.78, 5) is 1.00. The number of alkyl halides is 3. The summed E-state index contributed by atoms with van der Waals surface area (Å²) >= 11 is 5.99. The molecule has 0 amide bonds. The topological polar surface area (TPSA) is 56.5 Å². The van der Waals surface area contributed by atoms with E-state index in [1.54, 1.807) is 0 Å². The van der Waals surface area contributed by atoms with E-state index in [1.165, 1.54) is 19.1 Å². The van der Waals surface area contributed by atoms with Gasteiger partial charge in [-0.25, -0.2) is 0 Å². The van der Waals surface area contributed by atoms with Crippen molar-refractivity contribution < 1.29 is 23.0 Å². The third-order valence-electron chi connectivity index (χ3n) is 3.28. The fourth-order valence-electron chi connectivity index (χ4n) is 2.27. The van der Waals surface area contributed by atoms with Gasteiger partial charge in [-0.05, 0) is 24.6 Å². The Morgan fingerprint density at radius 2 is 2.19 bits per heavy atom. The monoisotopic (exact) mass is 320 g/mol. The lowest BCUT2D eigenvalue weighted by atomic mass is 10.1. The van der Waals surface area contributed by atoms with Crippen molar-refractivity contribution in [2.24, 2.45) is 0 Å². The summed E-state index contributed by atoms with van der Waals surface area (Å²) in [6.07, 6.45) is -7.67. The summed E-state index contributed by atoms with van der Waals surface area (Å²) < 4.78 is 44.0. The van der Waals surface area contributed by atoms with Crippen molar-refractivity contribution >= 4 is 17.3 Å². The molecule has 4 nitrogen and oxygen atoms in total. The number of ether oxygens (including phenoxy) is 1. The molecule has 2 atom stereocenters. The van der Waals surface area contributed by atoms with Crippen LogP contribution in [0.15, 0.2) is 12.1 Å². The van der Waals surface area contributed by atoms with Gasteiger partial charge in [-0.1, -0.05) is 11.6 Å². The number of aliphatic hydroxyl groups excluding tert-OH is 1. The van der Waals surface area contributed by atoms with Gasteiger partial charge in [-0.3, -0.25) is 0 Å². The molecule has 1 aromatic rings. The third kappa shape index (κ3) is 2.93. The lowest BCUT2D eigenvalue weighted by Gasteiger charge is -2.28. The molecular weight excluding hydrogens is 309 g/mol. The van der Waals surface area contributed by atoms with Gasteiger partial charge in [-0.2, -0.15) is 18.4 Å². The van der Waals surface area contributed by atoms with E-state index < -0.39 is 25.1 Å². The van der Waals surface area contributed by atoms with E-state index in [0.29, 0.717) is 5.56 Å². The Labute approximate surface area is 124 Å². The van der Waals surface area contributed by atoms with Crippen molar-refractivity contribution in [1.29, 1.82) is 5.26 Å². The first-order chi connectivity index (χ1) is 9.79. The van der Waals surface area contributed by atoms with Crippen LogP contribution in [0.3, 0.4) is 0 Å². The van der Waals surface area contributed by atoms with Gasteiger partial charge in [0.1, 0.15) is 12.2 Å². The van der Waals surface area contributed by atoms with E-state index in [9.17, 15) is 13.2 Å². The minimum atomic E-state index is -4.60. The Morgan fingerprint density at radius 1 is 1.52 bits per heavy atom. The molecule has 0 aliphatic carbocycles. The zero-order valence-electron chi connectivity index (χ0n) is 11.0. The number of hydrogen-bond acceptors (Lipinski definition) is 4. The summed E-state index contributed by atoms with van der Waals surface area (Å²) in [5.41, 5.74) is 0.796. The Hall–Kier alpha value is -1.49.